The van der Waals surface area contributed by atoms with E-state index in [1.165, 1.54) is 10.9 Å². The molecule has 0 unspecified atom stereocenters. The molecular weight excluding hydrogens is 344 g/mol. The van der Waals surface area contributed by atoms with E-state index in [0.717, 1.165) is 5.56 Å². The van der Waals surface area contributed by atoms with Crippen molar-refractivity contribution in [2.24, 2.45) is 5.41 Å². The summed E-state index contributed by atoms with van der Waals surface area (Å²) in [6.45, 7) is 6.29. The quantitative estimate of drug-likeness (QED) is 0.701. The number of carbonyl (C=O) groups is 1. The molecule has 0 saturated carbocycles. The molecule has 140 valence electrons. The molecule has 0 atom stereocenters. The molecule has 3 aromatic heterocycles. The number of esters is 1. The molecule has 0 aliphatic heterocycles. The smallest absolute Gasteiger partial charge is 0.339 e. The van der Waals surface area contributed by atoms with Gasteiger partial charge in [0.1, 0.15) is 0 Å². The van der Waals surface area contributed by atoms with E-state index >= 15 is 0 Å². The zero-order valence-corrected chi connectivity index (χ0v) is 15.6. The third kappa shape index (κ3) is 4.69. The highest BCUT2D eigenvalue weighted by atomic mass is 16.5. The maximum Gasteiger partial charge on any atom is 0.339 e. The van der Waals surface area contributed by atoms with Gasteiger partial charge in [0.25, 0.3) is 5.56 Å². The number of H-pyrrole nitrogens is 1. The molecule has 27 heavy (non-hydrogen) atoms. The Morgan fingerprint density at radius 3 is 2.67 bits per heavy atom. The zero-order chi connectivity index (χ0) is 19.4. The van der Waals surface area contributed by atoms with Crippen LogP contribution in [-0.2, 0) is 11.2 Å². The monoisotopic (exact) mass is 366 g/mol. The van der Waals surface area contributed by atoms with Crippen molar-refractivity contribution in [1.82, 2.24) is 19.7 Å². The molecule has 7 nitrogen and oxygen atoms in total. The van der Waals surface area contributed by atoms with Gasteiger partial charge in [-0.25, -0.2) is 14.5 Å². The lowest BCUT2D eigenvalue weighted by atomic mass is 9.99. The van der Waals surface area contributed by atoms with E-state index in [1.807, 2.05) is 32.9 Å². The molecule has 0 bridgehead atoms. The molecule has 0 aromatic carbocycles. The fourth-order valence-corrected chi connectivity index (χ4v) is 2.43. The molecule has 1 N–H and O–H groups in total. The summed E-state index contributed by atoms with van der Waals surface area (Å²) in [6.07, 6.45) is 6.97. The van der Waals surface area contributed by atoms with Gasteiger partial charge in [0.2, 0.25) is 0 Å². The number of ether oxygens (including phenoxy) is 1. The lowest BCUT2D eigenvalue weighted by molar-refractivity contribution is 0.0366. The van der Waals surface area contributed by atoms with Crippen LogP contribution >= 0.6 is 0 Å². The molecule has 0 radical (unpaired) electrons. The van der Waals surface area contributed by atoms with E-state index < -0.39 is 5.97 Å². The number of pyridine rings is 2. The third-order valence-corrected chi connectivity index (χ3v) is 3.81. The Morgan fingerprint density at radius 1 is 1.22 bits per heavy atom. The van der Waals surface area contributed by atoms with Gasteiger partial charge >= 0.3 is 5.97 Å². The molecule has 3 aromatic rings. The molecule has 0 amide bonds. The highest BCUT2D eigenvalue weighted by Gasteiger charge is 2.16. The fourth-order valence-electron chi connectivity index (χ4n) is 2.43. The predicted molar refractivity (Wildman–Crippen MR) is 101 cm³/mol. The van der Waals surface area contributed by atoms with Gasteiger partial charge in [0.05, 0.1) is 12.2 Å². The van der Waals surface area contributed by atoms with Gasteiger partial charge in [-0.2, -0.15) is 0 Å². The number of hydrogen-bond donors (Lipinski definition) is 1. The van der Waals surface area contributed by atoms with Crippen LogP contribution in [-0.4, -0.2) is 32.3 Å². The Morgan fingerprint density at radius 2 is 2.04 bits per heavy atom. The van der Waals surface area contributed by atoms with Gasteiger partial charge in [-0.3, -0.25) is 14.9 Å². The van der Waals surface area contributed by atoms with Gasteiger partial charge in [-0.15, -0.1) is 0 Å². The Bertz CT molecular complexity index is 967. The van der Waals surface area contributed by atoms with Gasteiger partial charge in [0.15, 0.2) is 5.82 Å². The van der Waals surface area contributed by atoms with Crippen molar-refractivity contribution in [2.45, 2.75) is 27.2 Å². The zero-order valence-electron chi connectivity index (χ0n) is 15.6. The Kier molecular flexibility index (Phi) is 5.21. The first-order chi connectivity index (χ1) is 12.8. The topological polar surface area (TPSA) is 89.9 Å². The van der Waals surface area contributed by atoms with Crippen LogP contribution in [0, 0.1) is 5.41 Å². The van der Waals surface area contributed by atoms with Crippen LogP contribution in [0.5, 0.6) is 0 Å². The number of hydrogen-bond acceptors (Lipinski definition) is 5. The minimum atomic E-state index is -0.430. The largest absolute Gasteiger partial charge is 0.461 e. The average molecular weight is 366 g/mol. The fraction of sp³-hybridized carbons (Fsp3) is 0.300. The van der Waals surface area contributed by atoms with Crippen LogP contribution < -0.4 is 5.56 Å². The predicted octanol–water partition coefficient (Wildman–Crippen LogP) is 2.75. The molecule has 0 aliphatic rings. The molecular formula is C20H22N4O3. The molecule has 0 aliphatic carbocycles. The van der Waals surface area contributed by atoms with Crippen LogP contribution in [0.1, 0.15) is 42.3 Å². The summed E-state index contributed by atoms with van der Waals surface area (Å²) in [5.74, 6) is -0.0233. The summed E-state index contributed by atoms with van der Waals surface area (Å²) in [7, 11) is 0. The van der Waals surface area contributed by atoms with Crippen molar-refractivity contribution in [3.05, 3.63) is 76.1 Å². The number of carbonyl (C=O) groups excluding carboxylic acids is 1. The maximum atomic E-state index is 12.6. The van der Waals surface area contributed by atoms with Crippen LogP contribution in [0.4, 0.5) is 0 Å². The molecule has 3 rings (SSSR count). The van der Waals surface area contributed by atoms with Crippen molar-refractivity contribution in [3.63, 3.8) is 0 Å². The van der Waals surface area contributed by atoms with Crippen LogP contribution in [0.2, 0.25) is 0 Å². The van der Waals surface area contributed by atoms with Crippen molar-refractivity contribution >= 4 is 5.97 Å². The van der Waals surface area contributed by atoms with Crippen LogP contribution in [0.15, 0.2) is 53.8 Å². The van der Waals surface area contributed by atoms with Gasteiger partial charge in [-0.1, -0.05) is 26.8 Å². The molecule has 0 saturated heterocycles. The maximum absolute atomic E-state index is 12.6. The Labute approximate surface area is 157 Å². The van der Waals surface area contributed by atoms with Crippen molar-refractivity contribution < 1.29 is 9.53 Å². The van der Waals surface area contributed by atoms with E-state index in [9.17, 15) is 9.59 Å². The number of nitrogens with zero attached hydrogens (tertiary/aromatic N) is 3. The summed E-state index contributed by atoms with van der Waals surface area (Å²) >= 11 is 0. The molecule has 7 heteroatoms. The second kappa shape index (κ2) is 7.57. The van der Waals surface area contributed by atoms with E-state index in [0.29, 0.717) is 30.0 Å². The Balaban J connectivity index is 1.74. The number of nitrogens with one attached hydrogen (secondary N) is 1. The van der Waals surface area contributed by atoms with E-state index in [2.05, 4.69) is 15.1 Å². The number of aromatic amines is 1. The van der Waals surface area contributed by atoms with Crippen LogP contribution in [0.3, 0.4) is 0 Å². The second-order valence-electron chi connectivity index (χ2n) is 7.52. The Hall–Kier alpha value is -3.22. The highest BCUT2D eigenvalue weighted by molar-refractivity contribution is 5.89. The van der Waals surface area contributed by atoms with Crippen LogP contribution in [0.25, 0.3) is 5.82 Å². The lowest BCUT2D eigenvalue weighted by Crippen LogP contribution is -2.20. The first-order valence-corrected chi connectivity index (χ1v) is 8.65. The van der Waals surface area contributed by atoms with Gasteiger partial charge in [-0.05, 0) is 29.2 Å². The lowest BCUT2D eigenvalue weighted by Gasteiger charge is -2.17. The van der Waals surface area contributed by atoms with E-state index in [-0.39, 0.29) is 11.0 Å². The minimum Gasteiger partial charge on any atom is -0.461 e. The minimum absolute atomic E-state index is 0.106. The highest BCUT2D eigenvalue weighted by Crippen LogP contribution is 2.14. The normalized spacial score (nSPS) is 11.4. The van der Waals surface area contributed by atoms with Crippen molar-refractivity contribution in [3.8, 4) is 5.82 Å². The number of rotatable bonds is 5. The summed E-state index contributed by atoms with van der Waals surface area (Å²) in [5, 5.41) is 2.91. The second-order valence-corrected chi connectivity index (χ2v) is 7.52. The standard InChI is InChI=1S/C20H22N4O3/c1-20(2,3)13-27-19(26)15-6-7-17(22-11-15)24-18(25)16(12-23-24)9-14-5-4-8-21-10-14/h4-8,10-12,23H,9,13H2,1-3H3. The average Bonchev–Trinajstić information content (AvgIpc) is 3.00. The van der Waals surface area contributed by atoms with Crippen molar-refractivity contribution in [2.75, 3.05) is 6.61 Å². The molecule has 0 spiro atoms. The number of aromatic nitrogens is 4. The van der Waals surface area contributed by atoms with E-state index in [1.54, 1.807) is 30.7 Å². The molecule has 0 fully saturated rings. The first kappa shape index (κ1) is 18.6. The van der Waals surface area contributed by atoms with Crippen molar-refractivity contribution in [1.29, 1.82) is 0 Å². The summed E-state index contributed by atoms with van der Waals surface area (Å²) in [5.41, 5.74) is 1.61. The summed E-state index contributed by atoms with van der Waals surface area (Å²) < 4.78 is 6.61. The SMILES string of the molecule is CC(C)(C)COC(=O)c1ccc(-n2[nH]cc(Cc3cccnc3)c2=O)nc1. The van der Waals surface area contributed by atoms with Gasteiger partial charge in [0, 0.05) is 36.8 Å². The summed E-state index contributed by atoms with van der Waals surface area (Å²) in [6, 6.07) is 6.96. The third-order valence-electron chi connectivity index (χ3n) is 3.81. The molecule has 3 heterocycles. The van der Waals surface area contributed by atoms with E-state index in [4.69, 9.17) is 4.74 Å². The summed E-state index contributed by atoms with van der Waals surface area (Å²) in [4.78, 5) is 32.9. The first-order valence-electron chi connectivity index (χ1n) is 8.65. The van der Waals surface area contributed by atoms with Gasteiger partial charge < -0.3 is 4.74 Å².